The first kappa shape index (κ1) is 28.5. The fraction of sp³-hybridized carbons (Fsp3) is 0. The number of nitrogens with zero attached hydrogens (tertiary/aromatic N) is 4. The molecule has 0 unspecified atom stereocenters. The Balaban J connectivity index is 1.16. The van der Waals surface area contributed by atoms with Crippen LogP contribution >= 0.6 is 11.3 Å². The minimum Gasteiger partial charge on any atom is -0.455 e. The number of pyridine rings is 1. The Kier molecular flexibility index (Phi) is 6.60. The Labute approximate surface area is 291 Å². The normalized spacial score (nSPS) is 11.6. The standard InChI is InChI=1S/C44H26N4OS/c1-2-10-27(11-3-1)28-20-22-29(23-21-28)42-46-43(48-44(47-42)35-16-8-14-32-31-12-4-6-17-37(31)49-41(32)35)30-24-25-45-36(26-30)33-15-9-19-39-40(33)34-13-5-7-18-38(34)50-39/h1-26H. The predicted molar refractivity (Wildman–Crippen MR) is 205 cm³/mol. The zero-order valence-electron chi connectivity index (χ0n) is 26.6. The average molecular weight is 659 g/mol. The molecular formula is C44H26N4OS. The molecule has 0 atom stereocenters. The molecule has 0 fully saturated rings. The molecule has 0 radical (unpaired) electrons. The number of para-hydroxylation sites is 2. The van der Waals surface area contributed by atoms with Gasteiger partial charge in [0.15, 0.2) is 17.5 Å². The van der Waals surface area contributed by atoms with E-state index in [2.05, 4.69) is 109 Å². The molecule has 0 amide bonds. The predicted octanol–water partition coefficient (Wildman–Crippen LogP) is 11.9. The third-order valence-electron chi connectivity index (χ3n) is 9.23. The molecule has 0 aliphatic carbocycles. The summed E-state index contributed by atoms with van der Waals surface area (Å²) in [4.78, 5) is 20.1. The van der Waals surface area contributed by atoms with Crippen LogP contribution in [0.1, 0.15) is 0 Å². The second-order valence-corrected chi connectivity index (χ2v) is 13.3. The maximum absolute atomic E-state index is 6.43. The van der Waals surface area contributed by atoms with Crippen LogP contribution in [0.5, 0.6) is 0 Å². The lowest BCUT2D eigenvalue weighted by molar-refractivity contribution is 0.669. The Hall–Kier alpha value is -6.50. The molecule has 6 heteroatoms. The van der Waals surface area contributed by atoms with E-state index in [1.54, 1.807) is 11.3 Å². The molecule has 4 aromatic heterocycles. The molecule has 0 saturated heterocycles. The molecule has 5 nitrogen and oxygen atoms in total. The highest BCUT2D eigenvalue weighted by Crippen LogP contribution is 2.40. The summed E-state index contributed by atoms with van der Waals surface area (Å²) in [6.07, 6.45) is 1.84. The Morgan fingerprint density at radius 3 is 1.96 bits per heavy atom. The summed E-state index contributed by atoms with van der Waals surface area (Å²) in [7, 11) is 0. The molecule has 0 aliphatic heterocycles. The van der Waals surface area contributed by atoms with Gasteiger partial charge in [-0.3, -0.25) is 4.98 Å². The zero-order valence-corrected chi connectivity index (χ0v) is 27.4. The van der Waals surface area contributed by atoms with Crippen LogP contribution in [-0.2, 0) is 0 Å². The molecule has 4 heterocycles. The number of fused-ring (bicyclic) bond motifs is 6. The number of aromatic nitrogens is 4. The maximum Gasteiger partial charge on any atom is 0.167 e. The summed E-state index contributed by atoms with van der Waals surface area (Å²) in [5.41, 5.74) is 8.39. The van der Waals surface area contributed by atoms with Gasteiger partial charge in [0.2, 0.25) is 0 Å². The smallest absolute Gasteiger partial charge is 0.167 e. The second-order valence-electron chi connectivity index (χ2n) is 12.2. The van der Waals surface area contributed by atoms with Crippen molar-refractivity contribution < 1.29 is 4.42 Å². The van der Waals surface area contributed by atoms with Crippen LogP contribution in [0.3, 0.4) is 0 Å². The third kappa shape index (κ3) is 4.77. The molecule has 50 heavy (non-hydrogen) atoms. The van der Waals surface area contributed by atoms with Crippen LogP contribution in [-0.4, -0.2) is 19.9 Å². The van der Waals surface area contributed by atoms with Crippen molar-refractivity contribution in [1.82, 2.24) is 19.9 Å². The Morgan fingerprint density at radius 2 is 1.08 bits per heavy atom. The van der Waals surface area contributed by atoms with Gasteiger partial charge in [-0.1, -0.05) is 115 Å². The number of furan rings is 1. The van der Waals surface area contributed by atoms with Crippen molar-refractivity contribution in [3.05, 3.63) is 158 Å². The molecule has 234 valence electrons. The largest absolute Gasteiger partial charge is 0.455 e. The monoisotopic (exact) mass is 658 g/mol. The third-order valence-corrected chi connectivity index (χ3v) is 10.4. The lowest BCUT2D eigenvalue weighted by atomic mass is 10.0. The van der Waals surface area contributed by atoms with Crippen LogP contribution < -0.4 is 0 Å². The summed E-state index contributed by atoms with van der Waals surface area (Å²) in [6.45, 7) is 0. The van der Waals surface area contributed by atoms with Gasteiger partial charge < -0.3 is 4.42 Å². The van der Waals surface area contributed by atoms with E-state index >= 15 is 0 Å². The van der Waals surface area contributed by atoms with E-state index in [9.17, 15) is 0 Å². The minimum atomic E-state index is 0.547. The van der Waals surface area contributed by atoms with Gasteiger partial charge in [-0.05, 0) is 47.5 Å². The van der Waals surface area contributed by atoms with Crippen LogP contribution in [0.2, 0.25) is 0 Å². The van der Waals surface area contributed by atoms with E-state index < -0.39 is 0 Å². The number of thiophene rings is 1. The van der Waals surface area contributed by atoms with Gasteiger partial charge in [-0.25, -0.2) is 15.0 Å². The fourth-order valence-electron chi connectivity index (χ4n) is 6.83. The first-order valence-electron chi connectivity index (χ1n) is 16.5. The van der Waals surface area contributed by atoms with E-state index in [1.165, 1.54) is 20.2 Å². The van der Waals surface area contributed by atoms with Gasteiger partial charge >= 0.3 is 0 Å². The lowest BCUT2D eigenvalue weighted by Crippen LogP contribution is -2.01. The number of hydrogen-bond acceptors (Lipinski definition) is 6. The second kappa shape index (κ2) is 11.6. The molecule has 0 spiro atoms. The Morgan fingerprint density at radius 1 is 0.440 bits per heavy atom. The number of benzene rings is 6. The van der Waals surface area contributed by atoms with Gasteiger partial charge in [-0.2, -0.15) is 0 Å². The average Bonchev–Trinajstić information content (AvgIpc) is 3.77. The highest BCUT2D eigenvalue weighted by Gasteiger charge is 2.19. The van der Waals surface area contributed by atoms with E-state index in [-0.39, 0.29) is 0 Å². The lowest BCUT2D eigenvalue weighted by Gasteiger charge is -2.10. The molecule has 0 aliphatic rings. The number of rotatable bonds is 5. The molecule has 10 rings (SSSR count). The fourth-order valence-corrected chi connectivity index (χ4v) is 7.96. The van der Waals surface area contributed by atoms with E-state index in [0.717, 1.165) is 61.0 Å². The van der Waals surface area contributed by atoms with Gasteiger partial charge in [-0.15, -0.1) is 11.3 Å². The summed E-state index contributed by atoms with van der Waals surface area (Å²) in [5, 5.41) is 4.53. The summed E-state index contributed by atoms with van der Waals surface area (Å²) >= 11 is 1.80. The van der Waals surface area contributed by atoms with Gasteiger partial charge in [0.25, 0.3) is 0 Å². The highest BCUT2D eigenvalue weighted by molar-refractivity contribution is 7.25. The maximum atomic E-state index is 6.43. The van der Waals surface area contributed by atoms with Crippen molar-refractivity contribution in [1.29, 1.82) is 0 Å². The van der Waals surface area contributed by atoms with Crippen LogP contribution in [0.4, 0.5) is 0 Å². The van der Waals surface area contributed by atoms with Crippen LogP contribution in [0.25, 0.3) is 98.7 Å². The quantitative estimate of drug-likeness (QED) is 0.184. The van der Waals surface area contributed by atoms with Crippen molar-refractivity contribution in [2.24, 2.45) is 0 Å². The first-order valence-corrected chi connectivity index (χ1v) is 17.3. The van der Waals surface area contributed by atoms with Crippen molar-refractivity contribution in [3.63, 3.8) is 0 Å². The van der Waals surface area contributed by atoms with Crippen LogP contribution in [0, 0.1) is 0 Å². The van der Waals surface area contributed by atoms with Crippen molar-refractivity contribution in [3.8, 4) is 56.5 Å². The summed E-state index contributed by atoms with van der Waals surface area (Å²) in [5.74, 6) is 1.70. The first-order chi connectivity index (χ1) is 24.8. The van der Waals surface area contributed by atoms with Crippen molar-refractivity contribution in [2.45, 2.75) is 0 Å². The van der Waals surface area contributed by atoms with E-state index in [4.69, 9.17) is 24.4 Å². The topological polar surface area (TPSA) is 64.7 Å². The summed E-state index contributed by atoms with van der Waals surface area (Å²) < 4.78 is 8.92. The van der Waals surface area contributed by atoms with Crippen molar-refractivity contribution in [2.75, 3.05) is 0 Å². The zero-order chi connectivity index (χ0) is 33.0. The molecular weight excluding hydrogens is 633 g/mol. The van der Waals surface area contributed by atoms with Gasteiger partial charge in [0, 0.05) is 53.8 Å². The minimum absolute atomic E-state index is 0.547. The molecule has 6 aromatic carbocycles. The Bertz CT molecular complexity index is 2870. The summed E-state index contributed by atoms with van der Waals surface area (Å²) in [6, 6.07) is 52.0. The van der Waals surface area contributed by atoms with Gasteiger partial charge in [0.05, 0.1) is 11.3 Å². The number of hydrogen-bond donors (Lipinski definition) is 0. The highest BCUT2D eigenvalue weighted by atomic mass is 32.1. The van der Waals surface area contributed by atoms with Crippen LogP contribution in [0.15, 0.2) is 162 Å². The van der Waals surface area contributed by atoms with Crippen molar-refractivity contribution >= 4 is 53.4 Å². The SMILES string of the molecule is c1ccc(-c2ccc(-c3nc(-c4ccnc(-c5cccc6sc7ccccc7c56)c4)nc(-c4cccc5c4oc4ccccc45)n3)cc2)cc1. The molecule has 10 aromatic rings. The molecule has 0 saturated carbocycles. The molecule has 0 bridgehead atoms. The van der Waals surface area contributed by atoms with E-state index in [1.807, 2.05) is 48.7 Å². The molecule has 0 N–H and O–H groups in total. The van der Waals surface area contributed by atoms with E-state index in [0.29, 0.717) is 17.5 Å². The van der Waals surface area contributed by atoms with Gasteiger partial charge in [0.1, 0.15) is 11.2 Å².